The molecule has 0 unspecified atom stereocenters. The smallest absolute Gasteiger partial charge is 0.227 e. The SMILES string of the molecule is CS(=O)(=O)C(S(C)(=O)=O)S(=O)(=O)c1ccc(F)cc1. The molecule has 0 N–H and O–H groups in total. The summed E-state index contributed by atoms with van der Waals surface area (Å²) in [5, 5.41) is 0. The van der Waals surface area contributed by atoms with Gasteiger partial charge in [0.2, 0.25) is 9.84 Å². The Morgan fingerprint density at radius 3 is 1.53 bits per heavy atom. The summed E-state index contributed by atoms with van der Waals surface area (Å²) in [6.07, 6.45) is 1.03. The summed E-state index contributed by atoms with van der Waals surface area (Å²) in [5.74, 6) is -0.728. The molecular weight excluding hydrogens is 319 g/mol. The van der Waals surface area contributed by atoms with Gasteiger partial charge in [0.15, 0.2) is 19.7 Å². The van der Waals surface area contributed by atoms with Gasteiger partial charge in [-0.15, -0.1) is 0 Å². The number of hydrogen-bond acceptors (Lipinski definition) is 6. The number of hydrogen-bond donors (Lipinski definition) is 0. The molecule has 0 bridgehead atoms. The second-order valence-corrected chi connectivity index (χ2v) is 11.1. The van der Waals surface area contributed by atoms with E-state index in [-0.39, 0.29) is 0 Å². The average molecular weight is 330 g/mol. The summed E-state index contributed by atoms with van der Waals surface area (Å²) >= 11 is 0. The van der Waals surface area contributed by atoms with E-state index in [0.717, 1.165) is 24.3 Å². The van der Waals surface area contributed by atoms with Crippen molar-refractivity contribution in [2.45, 2.75) is 8.81 Å². The molecule has 0 aliphatic carbocycles. The van der Waals surface area contributed by atoms with Crippen LogP contribution >= 0.6 is 0 Å². The number of halogens is 1. The van der Waals surface area contributed by atoms with Crippen molar-refractivity contribution in [1.29, 1.82) is 0 Å². The minimum Gasteiger partial charge on any atom is -0.227 e. The van der Waals surface area contributed by atoms with Gasteiger partial charge >= 0.3 is 0 Å². The molecule has 1 aromatic carbocycles. The summed E-state index contributed by atoms with van der Waals surface area (Å²) in [5.41, 5.74) is 0. The van der Waals surface area contributed by atoms with Gasteiger partial charge in [0.25, 0.3) is 3.91 Å². The van der Waals surface area contributed by atoms with Gasteiger partial charge in [0.05, 0.1) is 4.90 Å². The Labute approximate surface area is 111 Å². The van der Waals surface area contributed by atoms with Crippen LogP contribution in [-0.2, 0) is 29.5 Å². The van der Waals surface area contributed by atoms with Gasteiger partial charge in [-0.05, 0) is 24.3 Å². The van der Waals surface area contributed by atoms with E-state index in [0.29, 0.717) is 12.5 Å². The van der Waals surface area contributed by atoms with Crippen LogP contribution in [0.4, 0.5) is 4.39 Å². The molecule has 0 fully saturated rings. The van der Waals surface area contributed by atoms with Gasteiger partial charge in [-0.25, -0.2) is 29.6 Å². The van der Waals surface area contributed by atoms with Crippen molar-refractivity contribution in [3.8, 4) is 0 Å². The molecule has 0 amide bonds. The molecule has 0 radical (unpaired) electrons. The van der Waals surface area contributed by atoms with E-state index >= 15 is 0 Å². The normalized spacial score (nSPS) is 13.7. The summed E-state index contributed by atoms with van der Waals surface area (Å²) in [6, 6.07) is 3.23. The molecule has 1 aromatic rings. The van der Waals surface area contributed by atoms with Crippen LogP contribution in [0.3, 0.4) is 0 Å². The van der Waals surface area contributed by atoms with Crippen molar-refractivity contribution < 1.29 is 29.6 Å². The molecule has 0 saturated heterocycles. The lowest BCUT2D eigenvalue weighted by atomic mass is 10.4. The molecule has 0 aliphatic heterocycles. The van der Waals surface area contributed by atoms with Crippen LogP contribution in [0.5, 0.6) is 0 Å². The van der Waals surface area contributed by atoms with Gasteiger partial charge in [-0.2, -0.15) is 0 Å². The zero-order chi connectivity index (χ0) is 15.1. The van der Waals surface area contributed by atoms with E-state index in [1.165, 1.54) is 0 Å². The number of sulfone groups is 3. The quantitative estimate of drug-likeness (QED) is 0.719. The molecule has 6 nitrogen and oxygen atoms in total. The first-order valence-electron chi connectivity index (χ1n) is 4.74. The Hall–Kier alpha value is -1.00. The second-order valence-electron chi connectivity index (χ2n) is 3.95. The highest BCUT2D eigenvalue weighted by Gasteiger charge is 2.44. The third-order valence-electron chi connectivity index (χ3n) is 2.09. The number of rotatable bonds is 4. The predicted octanol–water partition coefficient (Wildman–Crippen LogP) is -0.0278. The molecule has 108 valence electrons. The van der Waals surface area contributed by atoms with Gasteiger partial charge < -0.3 is 0 Å². The lowest BCUT2D eigenvalue weighted by Crippen LogP contribution is -2.36. The fourth-order valence-corrected chi connectivity index (χ4v) is 9.14. The molecular formula is C9H11FO6S3. The molecule has 0 aliphatic rings. The predicted molar refractivity (Wildman–Crippen MR) is 67.1 cm³/mol. The summed E-state index contributed by atoms with van der Waals surface area (Å²) < 4.78 is 80.0. The zero-order valence-electron chi connectivity index (χ0n) is 9.94. The topological polar surface area (TPSA) is 102 Å². The fourth-order valence-electron chi connectivity index (χ4n) is 1.51. The van der Waals surface area contributed by atoms with Crippen LogP contribution in [0.2, 0.25) is 0 Å². The lowest BCUT2D eigenvalue weighted by molar-refractivity contribution is 0.577. The third-order valence-corrected chi connectivity index (χ3v) is 10.6. The van der Waals surface area contributed by atoms with Crippen molar-refractivity contribution in [1.82, 2.24) is 0 Å². The average Bonchev–Trinajstić information content (AvgIpc) is 2.12. The first kappa shape index (κ1) is 16.1. The van der Waals surface area contributed by atoms with Crippen molar-refractivity contribution >= 4 is 29.5 Å². The second kappa shape index (κ2) is 4.84. The summed E-state index contributed by atoms with van der Waals surface area (Å²) in [4.78, 5) is -0.574. The highest BCUT2D eigenvalue weighted by atomic mass is 32.3. The maximum atomic E-state index is 12.7. The van der Waals surface area contributed by atoms with E-state index in [9.17, 15) is 29.6 Å². The van der Waals surface area contributed by atoms with Crippen molar-refractivity contribution in [2.75, 3.05) is 12.5 Å². The van der Waals surface area contributed by atoms with Crippen LogP contribution < -0.4 is 0 Å². The third kappa shape index (κ3) is 3.51. The highest BCUT2D eigenvalue weighted by Crippen LogP contribution is 2.23. The summed E-state index contributed by atoms with van der Waals surface area (Å²) in [7, 11) is -13.5. The first-order valence-corrected chi connectivity index (χ1v) is 10.2. The zero-order valence-corrected chi connectivity index (χ0v) is 12.4. The van der Waals surface area contributed by atoms with Gasteiger partial charge in [-0.3, -0.25) is 0 Å². The van der Waals surface area contributed by atoms with Crippen molar-refractivity contribution in [3.63, 3.8) is 0 Å². The Morgan fingerprint density at radius 2 is 1.21 bits per heavy atom. The van der Waals surface area contributed by atoms with E-state index in [4.69, 9.17) is 0 Å². The molecule has 0 heterocycles. The number of benzene rings is 1. The first-order chi connectivity index (χ1) is 8.37. The van der Waals surface area contributed by atoms with Crippen LogP contribution in [0.15, 0.2) is 29.2 Å². The van der Waals surface area contributed by atoms with Crippen LogP contribution in [0.1, 0.15) is 0 Å². The van der Waals surface area contributed by atoms with Crippen LogP contribution in [-0.4, -0.2) is 41.7 Å². The minimum absolute atomic E-state index is 0.514. The lowest BCUT2D eigenvalue weighted by Gasteiger charge is -2.14. The maximum Gasteiger partial charge on any atom is 0.266 e. The van der Waals surface area contributed by atoms with Crippen LogP contribution in [0, 0.1) is 5.82 Å². The van der Waals surface area contributed by atoms with Crippen molar-refractivity contribution in [2.24, 2.45) is 0 Å². The molecule has 0 atom stereocenters. The van der Waals surface area contributed by atoms with E-state index < -0.39 is 44.1 Å². The standard InChI is InChI=1S/C9H11FO6S3/c1-17(11,12)9(18(2,13)14)19(15,16)8-5-3-7(10)4-6-8/h3-6,9H,1-2H3. The van der Waals surface area contributed by atoms with E-state index in [1.807, 2.05) is 0 Å². The monoisotopic (exact) mass is 330 g/mol. The Bertz CT molecular complexity index is 743. The molecule has 1 rings (SSSR count). The molecule has 10 heteroatoms. The van der Waals surface area contributed by atoms with Gasteiger partial charge in [-0.1, -0.05) is 0 Å². The minimum atomic E-state index is -4.68. The largest absolute Gasteiger partial charge is 0.266 e. The molecule has 0 saturated carbocycles. The summed E-state index contributed by atoms with van der Waals surface area (Å²) in [6.45, 7) is 0. The Kier molecular flexibility index (Phi) is 4.09. The Balaban J connectivity index is 3.60. The van der Waals surface area contributed by atoms with Gasteiger partial charge in [0.1, 0.15) is 5.82 Å². The molecule has 0 spiro atoms. The highest BCUT2D eigenvalue weighted by molar-refractivity contribution is 8.23. The van der Waals surface area contributed by atoms with E-state index in [2.05, 4.69) is 0 Å². The maximum absolute atomic E-state index is 12.7. The Morgan fingerprint density at radius 1 is 0.842 bits per heavy atom. The fraction of sp³-hybridized carbons (Fsp3) is 0.333. The van der Waals surface area contributed by atoms with Crippen LogP contribution in [0.25, 0.3) is 0 Å². The van der Waals surface area contributed by atoms with Crippen molar-refractivity contribution in [3.05, 3.63) is 30.1 Å². The molecule has 19 heavy (non-hydrogen) atoms. The molecule has 0 aromatic heterocycles. The van der Waals surface area contributed by atoms with Gasteiger partial charge in [0, 0.05) is 12.5 Å². The van der Waals surface area contributed by atoms with E-state index in [1.54, 1.807) is 0 Å².